The summed E-state index contributed by atoms with van der Waals surface area (Å²) in [5, 5.41) is 11.6. The Hall–Kier alpha value is -4.66. The van der Waals surface area contributed by atoms with Gasteiger partial charge in [0.1, 0.15) is 5.52 Å². The summed E-state index contributed by atoms with van der Waals surface area (Å²) >= 11 is 0. The third-order valence-electron chi connectivity index (χ3n) is 5.92. The van der Waals surface area contributed by atoms with Crippen LogP contribution in [0.4, 0.5) is 5.82 Å². The summed E-state index contributed by atoms with van der Waals surface area (Å²) in [6.45, 7) is 4.78. The highest BCUT2D eigenvalue weighted by Crippen LogP contribution is 2.28. The van der Waals surface area contributed by atoms with Crippen molar-refractivity contribution in [2.45, 2.75) is 26.4 Å². The van der Waals surface area contributed by atoms with Crippen molar-refractivity contribution in [1.82, 2.24) is 39.7 Å². The van der Waals surface area contributed by atoms with Gasteiger partial charge in [0.2, 0.25) is 0 Å². The Morgan fingerprint density at radius 1 is 0.971 bits per heavy atom. The smallest absolute Gasteiger partial charge is 0.166 e. The first-order valence-corrected chi connectivity index (χ1v) is 11.4. The summed E-state index contributed by atoms with van der Waals surface area (Å²) < 4.78 is 2.06. The number of rotatable bonds is 6. The second kappa shape index (κ2) is 8.60. The first kappa shape index (κ1) is 20.9. The zero-order chi connectivity index (χ0) is 23.8. The van der Waals surface area contributed by atoms with E-state index in [9.17, 15) is 0 Å². The second-order valence-electron chi connectivity index (χ2n) is 8.63. The molecule has 0 aliphatic carbocycles. The average Bonchev–Trinajstić information content (AvgIpc) is 3.55. The molecule has 0 radical (unpaired) electrons. The van der Waals surface area contributed by atoms with Crippen LogP contribution >= 0.6 is 0 Å². The third kappa shape index (κ3) is 3.97. The van der Waals surface area contributed by atoms with Crippen LogP contribution < -0.4 is 5.32 Å². The van der Waals surface area contributed by atoms with Crippen LogP contribution in [-0.2, 0) is 6.54 Å². The van der Waals surface area contributed by atoms with Gasteiger partial charge < -0.3 is 9.88 Å². The van der Waals surface area contributed by atoms with Gasteiger partial charge in [-0.1, -0.05) is 6.07 Å². The molecule has 0 amide bonds. The number of anilines is 1. The molecule has 2 N–H and O–H groups in total. The lowest BCUT2D eigenvalue weighted by molar-refractivity contribution is 0.613. The van der Waals surface area contributed by atoms with Crippen molar-refractivity contribution < 1.29 is 0 Å². The summed E-state index contributed by atoms with van der Waals surface area (Å²) in [7, 11) is 0. The predicted octanol–water partition coefficient (Wildman–Crippen LogP) is 5.02. The van der Waals surface area contributed by atoms with Gasteiger partial charge in [-0.25, -0.2) is 15.0 Å². The second-order valence-corrected chi connectivity index (χ2v) is 8.63. The maximum atomic E-state index is 4.88. The van der Waals surface area contributed by atoms with Crippen LogP contribution in [0, 0.1) is 0 Å². The van der Waals surface area contributed by atoms with Crippen LogP contribution in [0.1, 0.15) is 25.5 Å². The van der Waals surface area contributed by atoms with E-state index in [0.717, 1.165) is 44.5 Å². The number of hydrogen-bond acceptors (Lipinski definition) is 7. The Balaban J connectivity index is 1.34. The molecule has 0 unspecified atom stereocenters. The van der Waals surface area contributed by atoms with Crippen molar-refractivity contribution in [3.63, 3.8) is 0 Å². The zero-order valence-electron chi connectivity index (χ0n) is 19.3. The minimum absolute atomic E-state index is 0.219. The third-order valence-corrected chi connectivity index (χ3v) is 5.92. The molecular weight excluding hydrogens is 438 g/mol. The molecule has 6 rings (SSSR count). The number of fused-ring (bicyclic) bond motifs is 2. The molecular formula is C26H23N9. The number of aromatic amines is 1. The number of benzene rings is 1. The summed E-state index contributed by atoms with van der Waals surface area (Å²) in [5.74, 6) is 1.32. The average molecular weight is 462 g/mol. The van der Waals surface area contributed by atoms with E-state index in [0.29, 0.717) is 18.2 Å². The summed E-state index contributed by atoms with van der Waals surface area (Å²) in [4.78, 5) is 23.1. The number of nitrogens with zero attached hydrogens (tertiary/aromatic N) is 7. The number of pyridine rings is 2. The number of hydrogen-bond donors (Lipinski definition) is 2. The Labute approximate surface area is 201 Å². The fourth-order valence-corrected chi connectivity index (χ4v) is 4.03. The SMILES string of the molecule is CC(C)n1cnc2c(NCc3ccc(-c4cccnc4)nc3)nc(-c3ccc4[nH]ncc4c3)nc21. The fourth-order valence-electron chi connectivity index (χ4n) is 4.03. The number of aromatic nitrogens is 8. The van der Waals surface area contributed by atoms with Gasteiger partial charge >= 0.3 is 0 Å². The summed E-state index contributed by atoms with van der Waals surface area (Å²) in [5.41, 5.74) is 6.35. The Kier molecular flexibility index (Phi) is 5.14. The maximum absolute atomic E-state index is 4.88. The summed E-state index contributed by atoms with van der Waals surface area (Å²) in [6, 6.07) is 14.2. The van der Waals surface area contributed by atoms with Crippen molar-refractivity contribution in [1.29, 1.82) is 0 Å². The largest absolute Gasteiger partial charge is 0.364 e. The van der Waals surface area contributed by atoms with E-state index < -0.39 is 0 Å². The van der Waals surface area contributed by atoms with Crippen LogP contribution in [0.25, 0.3) is 44.7 Å². The molecule has 1 aromatic carbocycles. The van der Waals surface area contributed by atoms with Crippen LogP contribution in [0.2, 0.25) is 0 Å². The molecule has 0 aliphatic rings. The Bertz CT molecular complexity index is 1620. The van der Waals surface area contributed by atoms with Crippen LogP contribution in [-0.4, -0.2) is 39.7 Å². The molecule has 0 atom stereocenters. The molecule has 9 nitrogen and oxygen atoms in total. The number of H-pyrrole nitrogens is 1. The molecule has 5 aromatic heterocycles. The molecule has 5 heterocycles. The molecule has 0 saturated carbocycles. The highest BCUT2D eigenvalue weighted by atomic mass is 15.2. The topological polar surface area (TPSA) is 110 Å². The van der Waals surface area contributed by atoms with E-state index >= 15 is 0 Å². The lowest BCUT2D eigenvalue weighted by atomic mass is 10.1. The first-order valence-electron chi connectivity index (χ1n) is 11.4. The van der Waals surface area contributed by atoms with Crippen molar-refractivity contribution >= 4 is 27.9 Å². The van der Waals surface area contributed by atoms with Gasteiger partial charge in [0, 0.05) is 47.7 Å². The maximum Gasteiger partial charge on any atom is 0.166 e. The predicted molar refractivity (Wildman–Crippen MR) is 136 cm³/mol. The van der Waals surface area contributed by atoms with Crippen molar-refractivity contribution in [2.24, 2.45) is 0 Å². The molecule has 0 saturated heterocycles. The Morgan fingerprint density at radius 3 is 2.71 bits per heavy atom. The van der Waals surface area contributed by atoms with Crippen LogP contribution in [0.3, 0.4) is 0 Å². The van der Waals surface area contributed by atoms with E-state index in [1.807, 2.05) is 55.1 Å². The number of nitrogens with one attached hydrogen (secondary N) is 2. The van der Waals surface area contributed by atoms with Gasteiger partial charge in [-0.3, -0.25) is 15.1 Å². The number of imidazole rings is 1. The van der Waals surface area contributed by atoms with Crippen molar-refractivity contribution in [3.05, 3.63) is 79.1 Å². The monoisotopic (exact) mass is 461 g/mol. The normalized spacial score (nSPS) is 11.5. The van der Waals surface area contributed by atoms with Crippen molar-refractivity contribution in [3.8, 4) is 22.6 Å². The van der Waals surface area contributed by atoms with E-state index in [2.05, 4.69) is 54.9 Å². The zero-order valence-corrected chi connectivity index (χ0v) is 19.3. The van der Waals surface area contributed by atoms with E-state index in [4.69, 9.17) is 9.97 Å². The lowest BCUT2D eigenvalue weighted by Gasteiger charge is -2.12. The minimum atomic E-state index is 0.219. The van der Waals surface area contributed by atoms with Gasteiger partial charge in [-0.05, 0) is 55.8 Å². The van der Waals surface area contributed by atoms with Gasteiger partial charge in [0.05, 0.1) is 23.7 Å². The van der Waals surface area contributed by atoms with E-state index in [1.54, 1.807) is 12.4 Å². The molecule has 0 spiro atoms. The van der Waals surface area contributed by atoms with E-state index in [1.165, 1.54) is 0 Å². The van der Waals surface area contributed by atoms with Crippen LogP contribution in [0.5, 0.6) is 0 Å². The Morgan fingerprint density at radius 2 is 1.91 bits per heavy atom. The quantitative estimate of drug-likeness (QED) is 0.358. The fraction of sp³-hybridized carbons (Fsp3) is 0.154. The van der Waals surface area contributed by atoms with Gasteiger partial charge in [0.15, 0.2) is 17.3 Å². The van der Waals surface area contributed by atoms with Crippen molar-refractivity contribution in [2.75, 3.05) is 5.32 Å². The molecule has 6 aromatic rings. The lowest BCUT2D eigenvalue weighted by Crippen LogP contribution is -2.06. The molecule has 0 fully saturated rings. The molecule has 0 aliphatic heterocycles. The van der Waals surface area contributed by atoms with Crippen LogP contribution in [0.15, 0.2) is 73.6 Å². The van der Waals surface area contributed by atoms with E-state index in [-0.39, 0.29) is 6.04 Å². The molecule has 9 heteroatoms. The standard InChI is InChI=1S/C26H23N9/c1-16(2)35-15-30-23-25(29-12-17-5-7-21(28-11-17)19-4-3-9-27-13-19)32-24(33-26(23)35)18-6-8-22-20(10-18)14-31-34-22/h3-11,13-16H,12H2,1-2H3,(H,31,34)(H,29,32,33). The van der Waals surface area contributed by atoms with Gasteiger partial charge in [-0.2, -0.15) is 5.10 Å². The van der Waals surface area contributed by atoms with Gasteiger partial charge in [-0.15, -0.1) is 0 Å². The molecule has 0 bridgehead atoms. The van der Waals surface area contributed by atoms with Gasteiger partial charge in [0.25, 0.3) is 0 Å². The molecule has 172 valence electrons. The highest BCUT2D eigenvalue weighted by molar-refractivity contribution is 5.87. The highest BCUT2D eigenvalue weighted by Gasteiger charge is 2.16. The summed E-state index contributed by atoms with van der Waals surface area (Å²) in [6.07, 6.45) is 9.06. The minimum Gasteiger partial charge on any atom is -0.364 e. The first-order chi connectivity index (χ1) is 17.2. The molecule has 35 heavy (non-hydrogen) atoms.